The van der Waals surface area contributed by atoms with Gasteiger partial charge in [-0.15, -0.1) is 0 Å². The lowest BCUT2D eigenvalue weighted by atomic mass is 9.96. The summed E-state index contributed by atoms with van der Waals surface area (Å²) in [6.45, 7) is 7.64. The minimum Gasteiger partial charge on any atom is -0.482 e. The van der Waals surface area contributed by atoms with Gasteiger partial charge in [0.1, 0.15) is 11.3 Å². The quantitative estimate of drug-likeness (QED) is 0.285. The van der Waals surface area contributed by atoms with Gasteiger partial charge in [0, 0.05) is 16.8 Å². The van der Waals surface area contributed by atoms with E-state index in [4.69, 9.17) is 16.3 Å². The molecule has 0 spiro atoms. The molecular weight excluding hydrogens is 460 g/mol. The lowest BCUT2D eigenvalue weighted by Gasteiger charge is -2.26. The number of anilines is 2. The molecule has 5 nitrogen and oxygen atoms in total. The summed E-state index contributed by atoms with van der Waals surface area (Å²) >= 11 is 6.15. The number of ether oxygens (including phenoxy) is 1. The van der Waals surface area contributed by atoms with Crippen molar-refractivity contribution >= 4 is 23.0 Å². The van der Waals surface area contributed by atoms with Crippen molar-refractivity contribution < 1.29 is 4.74 Å². The Bertz CT molecular complexity index is 1370. The average Bonchev–Trinajstić information content (AvgIpc) is 2.85. The minimum absolute atomic E-state index is 0.0776. The van der Waals surface area contributed by atoms with Crippen molar-refractivity contribution in [3.05, 3.63) is 121 Å². The number of benzene rings is 3. The Balaban J connectivity index is 1.66. The fourth-order valence-electron chi connectivity index (χ4n) is 3.96. The molecule has 0 saturated heterocycles. The maximum absolute atomic E-state index is 12.3. The van der Waals surface area contributed by atoms with Crippen LogP contribution in [0.1, 0.15) is 56.5 Å². The molecule has 6 heteroatoms. The highest BCUT2D eigenvalue weighted by Crippen LogP contribution is 2.31. The van der Waals surface area contributed by atoms with Crippen molar-refractivity contribution in [3.8, 4) is 5.75 Å². The Morgan fingerprint density at radius 1 is 0.800 bits per heavy atom. The number of nitrogens with one attached hydrogen (secondary N) is 2. The number of hydrogen-bond donors (Lipinski definition) is 2. The topological polar surface area (TPSA) is 67.4 Å². The second-order valence-corrected chi connectivity index (χ2v) is 10.0. The molecule has 2 atom stereocenters. The first-order valence-electron chi connectivity index (χ1n) is 11.6. The molecule has 4 aromatic rings. The summed E-state index contributed by atoms with van der Waals surface area (Å²) in [5, 5.41) is 7.50. The molecule has 1 unspecified atom stereocenters. The molecule has 4 rings (SSSR count). The van der Waals surface area contributed by atoms with E-state index in [2.05, 4.69) is 29.7 Å². The summed E-state index contributed by atoms with van der Waals surface area (Å²) in [6.07, 6.45) is 0. The summed E-state index contributed by atoms with van der Waals surface area (Å²) in [6, 6.07) is 25.7. The Morgan fingerprint density at radius 3 is 2.11 bits per heavy atom. The molecule has 0 aliphatic carbocycles. The molecule has 2 N–H and O–H groups in total. The van der Waals surface area contributed by atoms with Crippen LogP contribution < -0.4 is 26.2 Å². The Hall–Kier alpha value is -3.41. The van der Waals surface area contributed by atoms with Gasteiger partial charge in [-0.25, -0.2) is 0 Å². The smallest absolute Gasteiger partial charge is 0.272 e. The fourth-order valence-corrected chi connectivity index (χ4v) is 4.08. The van der Waals surface area contributed by atoms with Crippen LogP contribution in [-0.2, 0) is 0 Å². The summed E-state index contributed by atoms with van der Waals surface area (Å²) in [4.78, 5) is 24.4. The molecule has 0 fully saturated rings. The van der Waals surface area contributed by atoms with Crippen LogP contribution in [0.3, 0.4) is 0 Å². The first-order valence-corrected chi connectivity index (χ1v) is 12.0. The zero-order valence-corrected chi connectivity index (χ0v) is 21.0. The summed E-state index contributed by atoms with van der Waals surface area (Å²) in [5.74, 6) is 0.0815. The predicted octanol–water partition coefficient (Wildman–Crippen LogP) is 6.30. The molecular formula is C29H29ClN2O3. The van der Waals surface area contributed by atoms with E-state index in [1.54, 1.807) is 0 Å². The molecule has 35 heavy (non-hydrogen) atoms. The van der Waals surface area contributed by atoms with Gasteiger partial charge in [0.2, 0.25) is 0 Å². The Kier molecular flexibility index (Phi) is 7.10. The van der Waals surface area contributed by atoms with E-state index in [0.717, 1.165) is 11.1 Å². The van der Waals surface area contributed by atoms with Gasteiger partial charge >= 0.3 is 0 Å². The van der Waals surface area contributed by atoms with Crippen molar-refractivity contribution in [2.45, 2.75) is 45.4 Å². The van der Waals surface area contributed by atoms with Crippen molar-refractivity contribution in [1.29, 1.82) is 0 Å². The third-order valence-electron chi connectivity index (χ3n) is 5.68. The van der Waals surface area contributed by atoms with Crippen LogP contribution >= 0.6 is 11.6 Å². The van der Waals surface area contributed by atoms with Crippen LogP contribution in [0.4, 0.5) is 11.4 Å². The third-order valence-corrected chi connectivity index (χ3v) is 5.94. The largest absolute Gasteiger partial charge is 0.482 e. The SMILES string of the molecule is C[C@@H](NC(c1ccc(Cl)cc1)c1cccc(Nc2c(OC(C)(C)C)c(=O)c2=O)c1)c1ccccc1. The highest BCUT2D eigenvalue weighted by atomic mass is 35.5. The van der Waals surface area contributed by atoms with Crippen LogP contribution in [0.15, 0.2) is 88.5 Å². The van der Waals surface area contributed by atoms with Gasteiger partial charge in [0.25, 0.3) is 10.9 Å². The van der Waals surface area contributed by atoms with Crippen LogP contribution in [0, 0.1) is 0 Å². The maximum atomic E-state index is 12.3. The average molecular weight is 489 g/mol. The molecule has 0 aromatic heterocycles. The monoisotopic (exact) mass is 488 g/mol. The van der Waals surface area contributed by atoms with Crippen LogP contribution in [-0.4, -0.2) is 5.60 Å². The van der Waals surface area contributed by atoms with Crippen molar-refractivity contribution in [2.75, 3.05) is 5.32 Å². The molecule has 0 heterocycles. The van der Waals surface area contributed by atoms with E-state index < -0.39 is 16.5 Å². The third kappa shape index (κ3) is 5.81. The molecule has 180 valence electrons. The van der Waals surface area contributed by atoms with Gasteiger partial charge in [-0.3, -0.25) is 14.9 Å². The summed E-state index contributed by atoms with van der Waals surface area (Å²) < 4.78 is 5.72. The van der Waals surface area contributed by atoms with Gasteiger partial charge in [-0.1, -0.05) is 66.2 Å². The molecule has 0 radical (unpaired) electrons. The normalized spacial score (nSPS) is 13.4. The van der Waals surface area contributed by atoms with Gasteiger partial charge in [-0.05, 0) is 68.7 Å². The standard InChI is InChI=1S/C29H29ClN2O3/c1-18(19-9-6-5-7-10-19)31-24(20-13-15-22(30)16-14-20)21-11-8-12-23(17-21)32-25-26(33)27(34)28(25)35-29(2,3)4/h5-18,24,31-32H,1-4H3/t18-,24?/m1/s1. The molecule has 0 saturated carbocycles. The highest BCUT2D eigenvalue weighted by molar-refractivity contribution is 6.30. The van der Waals surface area contributed by atoms with E-state index in [1.165, 1.54) is 5.56 Å². The number of rotatable bonds is 8. The van der Waals surface area contributed by atoms with E-state index >= 15 is 0 Å². The van der Waals surface area contributed by atoms with Crippen molar-refractivity contribution in [3.63, 3.8) is 0 Å². The first kappa shape index (κ1) is 24.7. The van der Waals surface area contributed by atoms with Gasteiger partial charge < -0.3 is 10.1 Å². The molecule has 0 aliphatic rings. The molecule has 0 amide bonds. The molecule has 0 bridgehead atoms. The lowest BCUT2D eigenvalue weighted by molar-refractivity contribution is 0.128. The Labute approximate surface area is 210 Å². The van der Waals surface area contributed by atoms with Crippen LogP contribution in [0.5, 0.6) is 5.75 Å². The zero-order chi connectivity index (χ0) is 25.2. The maximum Gasteiger partial charge on any atom is 0.272 e. The summed E-state index contributed by atoms with van der Waals surface area (Å²) in [5.41, 5.74) is 2.36. The zero-order valence-electron chi connectivity index (χ0n) is 20.3. The van der Waals surface area contributed by atoms with E-state index in [-0.39, 0.29) is 23.5 Å². The fraction of sp³-hybridized carbons (Fsp3) is 0.241. The Morgan fingerprint density at radius 2 is 1.46 bits per heavy atom. The molecule has 0 aliphatic heterocycles. The number of hydrogen-bond acceptors (Lipinski definition) is 5. The van der Waals surface area contributed by atoms with Gasteiger partial charge in [0.15, 0.2) is 5.75 Å². The van der Waals surface area contributed by atoms with Crippen LogP contribution in [0.2, 0.25) is 5.02 Å². The van der Waals surface area contributed by atoms with Crippen LogP contribution in [0.25, 0.3) is 0 Å². The van der Waals surface area contributed by atoms with E-state index in [9.17, 15) is 9.59 Å². The minimum atomic E-state index is -0.601. The summed E-state index contributed by atoms with van der Waals surface area (Å²) in [7, 11) is 0. The van der Waals surface area contributed by atoms with Gasteiger partial charge in [-0.2, -0.15) is 0 Å². The highest BCUT2D eigenvalue weighted by Gasteiger charge is 2.27. The van der Waals surface area contributed by atoms with E-state index in [1.807, 2.05) is 87.5 Å². The van der Waals surface area contributed by atoms with Crippen molar-refractivity contribution in [1.82, 2.24) is 5.32 Å². The van der Waals surface area contributed by atoms with Crippen molar-refractivity contribution in [2.24, 2.45) is 0 Å². The number of halogens is 1. The second kappa shape index (κ2) is 10.1. The first-order chi connectivity index (χ1) is 16.6. The lowest BCUT2D eigenvalue weighted by Crippen LogP contribution is -2.39. The molecule has 4 aromatic carbocycles. The van der Waals surface area contributed by atoms with Gasteiger partial charge in [0.05, 0.1) is 6.04 Å². The second-order valence-electron chi connectivity index (χ2n) is 9.61. The van der Waals surface area contributed by atoms with E-state index in [0.29, 0.717) is 10.7 Å². The predicted molar refractivity (Wildman–Crippen MR) is 143 cm³/mol.